The molecule has 0 aliphatic heterocycles. The molecule has 266 valence electrons. The molecule has 0 spiro atoms. The van der Waals surface area contributed by atoms with Gasteiger partial charge in [-0.1, -0.05) is 140 Å². The van der Waals surface area contributed by atoms with Gasteiger partial charge in [0.15, 0.2) is 6.10 Å². The van der Waals surface area contributed by atoms with Gasteiger partial charge in [-0.3, -0.25) is 9.59 Å². The van der Waals surface area contributed by atoms with Crippen LogP contribution in [-0.4, -0.2) is 36.4 Å². The predicted molar refractivity (Wildman–Crippen MR) is 196 cm³/mol. The molecular weight excluding hydrogens is 572 g/mol. The molecule has 0 aliphatic rings. The summed E-state index contributed by atoms with van der Waals surface area (Å²) in [6.07, 6.45) is 45.9. The minimum Gasteiger partial charge on any atom is -0.462 e. The van der Waals surface area contributed by atoms with Gasteiger partial charge in [-0.25, -0.2) is 0 Å². The van der Waals surface area contributed by atoms with Crippen molar-refractivity contribution >= 4 is 11.9 Å². The Morgan fingerprint density at radius 1 is 0.500 bits per heavy atom. The summed E-state index contributed by atoms with van der Waals surface area (Å²) in [4.78, 5) is 24.2. The van der Waals surface area contributed by atoms with Gasteiger partial charge in [0.25, 0.3) is 0 Å². The molecule has 5 heteroatoms. The Hall–Kier alpha value is -2.14. The number of esters is 2. The summed E-state index contributed by atoms with van der Waals surface area (Å²) in [5.74, 6) is -0.618. The van der Waals surface area contributed by atoms with Crippen LogP contribution in [0.2, 0.25) is 0 Å². The maximum absolute atomic E-state index is 12.2. The summed E-state index contributed by atoms with van der Waals surface area (Å²) in [6, 6.07) is 0. The first-order valence-electron chi connectivity index (χ1n) is 19.2. The smallest absolute Gasteiger partial charge is 0.306 e. The number of carbonyl (C=O) groups is 2. The van der Waals surface area contributed by atoms with E-state index in [2.05, 4.69) is 62.5 Å². The highest BCUT2D eigenvalue weighted by Gasteiger charge is 2.16. The molecule has 0 aliphatic carbocycles. The van der Waals surface area contributed by atoms with E-state index in [0.29, 0.717) is 12.8 Å². The number of aliphatic hydroxyl groups excluding tert-OH is 1. The zero-order valence-electron chi connectivity index (χ0n) is 30.1. The molecule has 0 saturated heterocycles. The van der Waals surface area contributed by atoms with Crippen molar-refractivity contribution in [1.82, 2.24) is 0 Å². The SMILES string of the molecule is CCCCC/C=C\C/C=C\CCCCCCCCCC(=O)O[C@@H](CO)COC(=O)CCCCCCC/C=C\C/C=C\CCCCC. The van der Waals surface area contributed by atoms with Gasteiger partial charge < -0.3 is 14.6 Å². The highest BCUT2D eigenvalue weighted by atomic mass is 16.6. The van der Waals surface area contributed by atoms with E-state index in [4.69, 9.17) is 9.47 Å². The molecule has 5 nitrogen and oxygen atoms in total. The number of carbonyl (C=O) groups excluding carboxylic acids is 2. The molecule has 0 bridgehead atoms. The third-order valence-corrected chi connectivity index (χ3v) is 8.10. The Kier molecular flexibility index (Phi) is 35.6. The van der Waals surface area contributed by atoms with Crippen molar-refractivity contribution < 1.29 is 24.2 Å². The molecule has 46 heavy (non-hydrogen) atoms. The minimum absolute atomic E-state index is 0.0771. The lowest BCUT2D eigenvalue weighted by atomic mass is 10.1. The van der Waals surface area contributed by atoms with Gasteiger partial charge in [-0.05, 0) is 77.0 Å². The van der Waals surface area contributed by atoms with Crippen LogP contribution in [0.25, 0.3) is 0 Å². The molecule has 0 aromatic rings. The van der Waals surface area contributed by atoms with E-state index in [9.17, 15) is 14.7 Å². The molecule has 1 atom stereocenters. The van der Waals surface area contributed by atoms with E-state index in [-0.39, 0.29) is 25.2 Å². The maximum Gasteiger partial charge on any atom is 0.306 e. The molecule has 0 fully saturated rings. The molecule has 0 aromatic carbocycles. The van der Waals surface area contributed by atoms with Crippen LogP contribution in [0, 0.1) is 0 Å². The second kappa shape index (κ2) is 37.3. The van der Waals surface area contributed by atoms with Crippen molar-refractivity contribution in [2.45, 2.75) is 187 Å². The number of allylic oxidation sites excluding steroid dienone is 8. The minimum atomic E-state index is -0.781. The first kappa shape index (κ1) is 43.9. The van der Waals surface area contributed by atoms with Gasteiger partial charge in [0.1, 0.15) is 6.61 Å². The van der Waals surface area contributed by atoms with Gasteiger partial charge in [0.2, 0.25) is 0 Å². The van der Waals surface area contributed by atoms with Gasteiger partial charge in [-0.15, -0.1) is 0 Å². The molecule has 0 aromatic heterocycles. The van der Waals surface area contributed by atoms with Crippen molar-refractivity contribution in [3.63, 3.8) is 0 Å². The average Bonchev–Trinajstić information content (AvgIpc) is 3.06. The largest absolute Gasteiger partial charge is 0.462 e. The van der Waals surface area contributed by atoms with E-state index < -0.39 is 6.10 Å². The summed E-state index contributed by atoms with van der Waals surface area (Å²) >= 11 is 0. The third kappa shape index (κ3) is 34.7. The molecule has 1 N–H and O–H groups in total. The normalized spacial score (nSPS) is 12.7. The van der Waals surface area contributed by atoms with Crippen LogP contribution in [0.15, 0.2) is 48.6 Å². The van der Waals surface area contributed by atoms with Crippen molar-refractivity contribution in [3.8, 4) is 0 Å². The Balaban J connectivity index is 3.61. The zero-order valence-corrected chi connectivity index (χ0v) is 30.1. The first-order valence-corrected chi connectivity index (χ1v) is 19.2. The van der Waals surface area contributed by atoms with Crippen molar-refractivity contribution in [2.24, 2.45) is 0 Å². The number of ether oxygens (including phenoxy) is 2. The molecular formula is C41H72O5. The Bertz CT molecular complexity index is 782. The molecule has 0 saturated carbocycles. The summed E-state index contributed by atoms with van der Waals surface area (Å²) in [7, 11) is 0. The predicted octanol–water partition coefficient (Wildman–Crippen LogP) is 11.8. The van der Waals surface area contributed by atoms with Crippen LogP contribution < -0.4 is 0 Å². The number of rotatable bonds is 34. The van der Waals surface area contributed by atoms with E-state index in [1.165, 1.54) is 89.9 Å². The second-order valence-electron chi connectivity index (χ2n) is 12.6. The standard InChI is InChI=1S/C41H72O5/c1-3-5-7-9-11-13-15-17-19-20-22-24-26-28-30-32-34-36-41(44)46-39(37-42)38-45-40(43)35-33-31-29-27-25-23-21-18-16-14-12-10-8-6-4-2/h11-14,17-19,21,39,42H,3-10,15-16,20,22-38H2,1-2H3/b13-11-,14-12-,19-17-,21-18-/t39-/m0/s1. The highest BCUT2D eigenvalue weighted by Crippen LogP contribution is 2.12. The molecule has 0 unspecified atom stereocenters. The molecule has 0 heterocycles. The van der Waals surface area contributed by atoms with E-state index >= 15 is 0 Å². The molecule has 0 rings (SSSR count). The number of unbranched alkanes of at least 4 members (excludes halogenated alkanes) is 18. The van der Waals surface area contributed by atoms with Crippen LogP contribution in [-0.2, 0) is 19.1 Å². The second-order valence-corrected chi connectivity index (χ2v) is 12.6. The molecule has 0 amide bonds. The topological polar surface area (TPSA) is 72.8 Å². The fourth-order valence-electron chi connectivity index (χ4n) is 5.14. The van der Waals surface area contributed by atoms with E-state index in [0.717, 1.165) is 64.2 Å². The summed E-state index contributed by atoms with van der Waals surface area (Å²) in [5, 5.41) is 9.54. The van der Waals surface area contributed by atoms with Crippen LogP contribution in [0.1, 0.15) is 181 Å². The van der Waals surface area contributed by atoms with Gasteiger partial charge in [0.05, 0.1) is 6.61 Å². The summed E-state index contributed by atoms with van der Waals surface area (Å²) in [5.41, 5.74) is 0. The Morgan fingerprint density at radius 3 is 1.28 bits per heavy atom. The summed E-state index contributed by atoms with van der Waals surface area (Å²) < 4.78 is 10.6. The van der Waals surface area contributed by atoms with Gasteiger partial charge >= 0.3 is 11.9 Å². The van der Waals surface area contributed by atoms with E-state index in [1.54, 1.807) is 0 Å². The first-order chi connectivity index (χ1) is 22.6. The fraction of sp³-hybridized carbons (Fsp3) is 0.756. The molecule has 0 radical (unpaired) electrons. The average molecular weight is 645 g/mol. The quantitative estimate of drug-likeness (QED) is 0.0429. The highest BCUT2D eigenvalue weighted by molar-refractivity contribution is 5.70. The Morgan fingerprint density at radius 2 is 0.870 bits per heavy atom. The lowest BCUT2D eigenvalue weighted by Crippen LogP contribution is -2.28. The Labute approximate surface area is 284 Å². The zero-order chi connectivity index (χ0) is 33.6. The van der Waals surface area contributed by atoms with Crippen molar-refractivity contribution in [2.75, 3.05) is 13.2 Å². The number of aliphatic hydroxyl groups is 1. The van der Waals surface area contributed by atoms with Crippen LogP contribution >= 0.6 is 0 Å². The van der Waals surface area contributed by atoms with E-state index in [1.807, 2.05) is 0 Å². The van der Waals surface area contributed by atoms with Crippen LogP contribution in [0.3, 0.4) is 0 Å². The van der Waals surface area contributed by atoms with Crippen molar-refractivity contribution in [3.05, 3.63) is 48.6 Å². The number of hydrogen-bond acceptors (Lipinski definition) is 5. The van der Waals surface area contributed by atoms with Crippen molar-refractivity contribution in [1.29, 1.82) is 0 Å². The van der Waals surface area contributed by atoms with Crippen LogP contribution in [0.4, 0.5) is 0 Å². The monoisotopic (exact) mass is 645 g/mol. The number of hydrogen-bond donors (Lipinski definition) is 1. The lowest BCUT2D eigenvalue weighted by molar-refractivity contribution is -0.161. The van der Waals surface area contributed by atoms with Crippen LogP contribution in [0.5, 0.6) is 0 Å². The third-order valence-electron chi connectivity index (χ3n) is 8.10. The maximum atomic E-state index is 12.2. The summed E-state index contributed by atoms with van der Waals surface area (Å²) in [6.45, 7) is 4.06. The fourth-order valence-corrected chi connectivity index (χ4v) is 5.14. The van der Waals surface area contributed by atoms with Gasteiger partial charge in [-0.2, -0.15) is 0 Å². The lowest BCUT2D eigenvalue weighted by Gasteiger charge is -2.15. The van der Waals surface area contributed by atoms with Gasteiger partial charge in [0, 0.05) is 12.8 Å².